The van der Waals surface area contributed by atoms with Crippen molar-refractivity contribution in [1.82, 2.24) is 4.68 Å². The van der Waals surface area contributed by atoms with Gasteiger partial charge in [0, 0.05) is 19.3 Å². The Balaban J connectivity index is 2.81. The fourth-order valence-electron chi connectivity index (χ4n) is 1.86. The molecule has 0 unspecified atom stereocenters. The first-order valence-electron chi connectivity index (χ1n) is 5.88. The van der Waals surface area contributed by atoms with Crippen LogP contribution in [-0.4, -0.2) is 24.3 Å². The summed E-state index contributed by atoms with van der Waals surface area (Å²) < 4.78 is 32.6. The minimum atomic E-state index is -1.15. The average molecular weight is 282 g/mol. The molecule has 1 heterocycles. The molecule has 0 aliphatic carbocycles. The summed E-state index contributed by atoms with van der Waals surface area (Å²) in [5, 5.41) is -0.108. The van der Waals surface area contributed by atoms with Crippen LogP contribution in [0.25, 0.3) is 10.9 Å². The van der Waals surface area contributed by atoms with Gasteiger partial charge in [-0.2, -0.15) is 0 Å². The maximum Gasteiger partial charge on any atom is 0.343 e. The number of fused-ring (bicyclic) bond motifs is 1. The molecule has 0 aliphatic rings. The van der Waals surface area contributed by atoms with Gasteiger partial charge < -0.3 is 10.2 Å². The van der Waals surface area contributed by atoms with Gasteiger partial charge in [-0.25, -0.2) is 13.6 Å². The highest BCUT2D eigenvalue weighted by molar-refractivity contribution is 5.93. The highest BCUT2D eigenvalue weighted by Gasteiger charge is 2.18. The van der Waals surface area contributed by atoms with Crippen LogP contribution < -0.4 is 10.9 Å². The van der Waals surface area contributed by atoms with Crippen molar-refractivity contribution in [3.05, 3.63) is 45.8 Å². The van der Waals surface area contributed by atoms with Crippen molar-refractivity contribution in [2.24, 2.45) is 0 Å². The Bertz CT molecular complexity index is 740. The number of ether oxygens (including phenoxy) is 1. The molecule has 0 aliphatic heterocycles. The predicted octanol–water partition coefficient (Wildman–Crippen LogP) is 1.63. The molecule has 0 spiro atoms. The minimum Gasteiger partial charge on any atom is -0.462 e. The molecule has 106 valence electrons. The Morgan fingerprint density at radius 1 is 1.35 bits per heavy atom. The van der Waals surface area contributed by atoms with Gasteiger partial charge in [0.05, 0.1) is 17.5 Å². The standard InChI is InChI=1S/C13H12F2N2O3/c1-3-20-13(19)8-6-17(16-2)11-5-10(15)9(14)4-7(11)12(8)18/h4-6,16H,3H2,1-2H3. The van der Waals surface area contributed by atoms with E-state index in [4.69, 9.17) is 4.74 Å². The zero-order chi connectivity index (χ0) is 14.9. The number of esters is 1. The number of hydrogen-bond acceptors (Lipinski definition) is 4. The van der Waals surface area contributed by atoms with E-state index in [2.05, 4.69) is 5.43 Å². The SMILES string of the molecule is CCOC(=O)c1cn(NC)c2cc(F)c(F)cc2c1=O. The Kier molecular flexibility index (Phi) is 3.69. The molecule has 1 N–H and O–H groups in total. The van der Waals surface area contributed by atoms with E-state index < -0.39 is 23.0 Å². The lowest BCUT2D eigenvalue weighted by atomic mass is 10.1. The molecule has 0 bridgehead atoms. The summed E-state index contributed by atoms with van der Waals surface area (Å²) in [6.45, 7) is 1.71. The molecule has 2 rings (SSSR count). The normalized spacial score (nSPS) is 10.6. The second kappa shape index (κ2) is 5.28. The first-order valence-corrected chi connectivity index (χ1v) is 5.88. The van der Waals surface area contributed by atoms with Gasteiger partial charge in [0.2, 0.25) is 5.43 Å². The first-order chi connectivity index (χ1) is 9.49. The van der Waals surface area contributed by atoms with Gasteiger partial charge in [-0.05, 0) is 13.0 Å². The molecule has 1 aromatic heterocycles. The number of aromatic nitrogens is 1. The van der Waals surface area contributed by atoms with E-state index in [9.17, 15) is 18.4 Å². The molecular weight excluding hydrogens is 270 g/mol. The number of pyridine rings is 1. The van der Waals surface area contributed by atoms with Crippen LogP contribution in [0, 0.1) is 11.6 Å². The summed E-state index contributed by atoms with van der Waals surface area (Å²) in [5.74, 6) is -3.05. The number of nitrogens with zero attached hydrogens (tertiary/aromatic N) is 1. The number of hydrogen-bond donors (Lipinski definition) is 1. The molecular formula is C13H12F2N2O3. The van der Waals surface area contributed by atoms with Gasteiger partial charge in [-0.1, -0.05) is 0 Å². The molecule has 20 heavy (non-hydrogen) atoms. The number of benzene rings is 1. The third-order valence-corrected chi connectivity index (χ3v) is 2.78. The van der Waals surface area contributed by atoms with Gasteiger partial charge in [0.15, 0.2) is 11.6 Å². The van der Waals surface area contributed by atoms with E-state index >= 15 is 0 Å². The number of rotatable bonds is 3. The summed E-state index contributed by atoms with van der Waals surface area (Å²) in [6.07, 6.45) is 1.19. The minimum absolute atomic E-state index is 0.105. The quantitative estimate of drug-likeness (QED) is 0.869. The highest BCUT2D eigenvalue weighted by atomic mass is 19.2. The summed E-state index contributed by atoms with van der Waals surface area (Å²) in [7, 11) is 1.51. The maximum absolute atomic E-state index is 13.3. The number of carbonyl (C=O) groups is 1. The molecule has 0 saturated carbocycles. The Morgan fingerprint density at radius 2 is 2.00 bits per heavy atom. The average Bonchev–Trinajstić information content (AvgIpc) is 2.42. The summed E-state index contributed by atoms with van der Waals surface area (Å²) in [6, 6.07) is 1.65. The molecule has 0 fully saturated rings. The van der Waals surface area contributed by atoms with Crippen molar-refractivity contribution in [2.75, 3.05) is 19.1 Å². The van der Waals surface area contributed by atoms with Gasteiger partial charge >= 0.3 is 5.97 Å². The monoisotopic (exact) mass is 282 g/mol. The lowest BCUT2D eigenvalue weighted by Crippen LogP contribution is -2.23. The summed E-state index contributed by atoms with van der Waals surface area (Å²) in [5.41, 5.74) is 1.84. The van der Waals surface area contributed by atoms with Gasteiger partial charge in [-0.15, -0.1) is 0 Å². The topological polar surface area (TPSA) is 60.3 Å². The Morgan fingerprint density at radius 3 is 2.60 bits per heavy atom. The molecule has 0 saturated heterocycles. The Hall–Kier alpha value is -2.44. The van der Waals surface area contributed by atoms with Crippen LogP contribution in [0.3, 0.4) is 0 Å². The fraction of sp³-hybridized carbons (Fsp3) is 0.231. The van der Waals surface area contributed by atoms with Crippen LogP contribution in [-0.2, 0) is 4.74 Å². The van der Waals surface area contributed by atoms with E-state index in [1.807, 2.05) is 0 Å². The Labute approximate surface area is 112 Å². The van der Waals surface area contributed by atoms with E-state index in [0.29, 0.717) is 0 Å². The lowest BCUT2D eigenvalue weighted by Gasteiger charge is -2.12. The highest BCUT2D eigenvalue weighted by Crippen LogP contribution is 2.16. The van der Waals surface area contributed by atoms with Crippen molar-refractivity contribution in [3.8, 4) is 0 Å². The van der Waals surface area contributed by atoms with Gasteiger partial charge in [0.1, 0.15) is 5.56 Å². The van der Waals surface area contributed by atoms with Crippen molar-refractivity contribution in [1.29, 1.82) is 0 Å². The fourth-order valence-corrected chi connectivity index (χ4v) is 1.86. The second-order valence-corrected chi connectivity index (χ2v) is 3.97. The van der Waals surface area contributed by atoms with Crippen molar-refractivity contribution >= 4 is 16.9 Å². The predicted molar refractivity (Wildman–Crippen MR) is 69.4 cm³/mol. The third-order valence-electron chi connectivity index (χ3n) is 2.78. The van der Waals surface area contributed by atoms with Crippen LogP contribution in [0.15, 0.2) is 23.1 Å². The van der Waals surface area contributed by atoms with Crippen LogP contribution in [0.4, 0.5) is 8.78 Å². The molecule has 0 amide bonds. The number of nitrogens with one attached hydrogen (secondary N) is 1. The molecule has 1 aromatic carbocycles. The van der Waals surface area contributed by atoms with Crippen molar-refractivity contribution in [3.63, 3.8) is 0 Å². The van der Waals surface area contributed by atoms with E-state index in [0.717, 1.165) is 12.1 Å². The van der Waals surface area contributed by atoms with Crippen molar-refractivity contribution in [2.45, 2.75) is 6.92 Å². The van der Waals surface area contributed by atoms with Crippen LogP contribution in [0.5, 0.6) is 0 Å². The molecule has 0 atom stereocenters. The van der Waals surface area contributed by atoms with Crippen LogP contribution >= 0.6 is 0 Å². The molecule has 7 heteroatoms. The summed E-state index contributed by atoms with van der Waals surface area (Å²) >= 11 is 0. The van der Waals surface area contributed by atoms with E-state index in [-0.39, 0.29) is 23.1 Å². The number of carbonyl (C=O) groups excluding carboxylic acids is 1. The summed E-state index contributed by atoms with van der Waals surface area (Å²) in [4.78, 5) is 23.8. The van der Waals surface area contributed by atoms with Gasteiger partial charge in [-0.3, -0.25) is 9.47 Å². The molecule has 0 radical (unpaired) electrons. The maximum atomic E-state index is 13.3. The largest absolute Gasteiger partial charge is 0.462 e. The zero-order valence-corrected chi connectivity index (χ0v) is 10.9. The van der Waals surface area contributed by atoms with Crippen LogP contribution in [0.2, 0.25) is 0 Å². The van der Waals surface area contributed by atoms with Gasteiger partial charge in [0.25, 0.3) is 0 Å². The molecule has 2 aromatic rings. The van der Waals surface area contributed by atoms with Crippen molar-refractivity contribution < 1.29 is 18.3 Å². The smallest absolute Gasteiger partial charge is 0.343 e. The zero-order valence-electron chi connectivity index (χ0n) is 10.9. The first kappa shape index (κ1) is 14.0. The second-order valence-electron chi connectivity index (χ2n) is 3.97. The van der Waals surface area contributed by atoms with Crippen LogP contribution in [0.1, 0.15) is 17.3 Å². The number of halogens is 2. The third kappa shape index (κ3) is 2.22. The van der Waals surface area contributed by atoms with E-state index in [1.54, 1.807) is 6.92 Å². The van der Waals surface area contributed by atoms with E-state index in [1.165, 1.54) is 17.9 Å². The molecule has 5 nitrogen and oxygen atoms in total. The lowest BCUT2D eigenvalue weighted by molar-refractivity contribution is 0.0524.